The lowest BCUT2D eigenvalue weighted by molar-refractivity contribution is -0.889. The molecule has 0 aliphatic carbocycles. The topological polar surface area (TPSA) is 102 Å². The molecular formula is C48H83NO7. The number of carboxylic acid groups (broad SMARTS) is 1. The Morgan fingerprint density at radius 1 is 0.571 bits per heavy atom. The average Bonchev–Trinajstić information content (AvgIpc) is 3.15. The van der Waals surface area contributed by atoms with Crippen molar-refractivity contribution in [3.8, 4) is 0 Å². The van der Waals surface area contributed by atoms with Gasteiger partial charge in [0, 0.05) is 19.3 Å². The van der Waals surface area contributed by atoms with E-state index in [9.17, 15) is 19.5 Å². The first-order chi connectivity index (χ1) is 27.1. The number of esters is 2. The highest BCUT2D eigenvalue weighted by atomic mass is 16.6. The number of unbranched alkanes of at least 4 members (excludes halogenated alkanes) is 16. The Balaban J connectivity index is 4.41. The number of aliphatic carboxylic acids is 1. The van der Waals surface area contributed by atoms with Crippen molar-refractivity contribution in [1.29, 1.82) is 0 Å². The van der Waals surface area contributed by atoms with Gasteiger partial charge in [0.1, 0.15) is 12.6 Å². The number of hydrogen-bond acceptors (Lipinski definition) is 7. The van der Waals surface area contributed by atoms with E-state index < -0.39 is 18.1 Å². The van der Waals surface area contributed by atoms with Crippen LogP contribution in [0.4, 0.5) is 0 Å². The molecule has 0 N–H and O–H groups in total. The zero-order chi connectivity index (χ0) is 41.4. The lowest BCUT2D eigenvalue weighted by Gasteiger charge is -2.34. The summed E-state index contributed by atoms with van der Waals surface area (Å²) < 4.78 is 17.1. The largest absolute Gasteiger partial charge is 0.544 e. The fourth-order valence-corrected chi connectivity index (χ4v) is 6.19. The summed E-state index contributed by atoms with van der Waals surface area (Å²) >= 11 is 0. The van der Waals surface area contributed by atoms with Crippen molar-refractivity contribution < 1.29 is 38.2 Å². The number of nitrogens with zero attached hydrogens (tertiary/aromatic N) is 1. The van der Waals surface area contributed by atoms with Gasteiger partial charge in [-0.25, -0.2) is 0 Å². The van der Waals surface area contributed by atoms with Gasteiger partial charge >= 0.3 is 11.9 Å². The van der Waals surface area contributed by atoms with Gasteiger partial charge in [-0.3, -0.25) is 9.59 Å². The van der Waals surface area contributed by atoms with Gasteiger partial charge in [-0.2, -0.15) is 0 Å². The van der Waals surface area contributed by atoms with E-state index in [1.165, 1.54) is 44.9 Å². The molecule has 0 aliphatic rings. The van der Waals surface area contributed by atoms with Crippen molar-refractivity contribution >= 4 is 17.9 Å². The molecule has 8 nitrogen and oxygen atoms in total. The second kappa shape index (κ2) is 38.9. The number of carbonyl (C=O) groups excluding carboxylic acids is 3. The van der Waals surface area contributed by atoms with Gasteiger partial charge in [-0.15, -0.1) is 0 Å². The van der Waals surface area contributed by atoms with E-state index in [0.717, 1.165) is 96.3 Å². The molecule has 322 valence electrons. The SMILES string of the molecule is CC/C=C/C/C=C/C/C=C/CCCCCCC(=O)OCC(COCCC(C(=O)[O-])[N+](C)(C)C)OC(=O)CCCCCCC/C=C/C=C/CCCCCCCCC. The Morgan fingerprint density at radius 3 is 1.59 bits per heavy atom. The van der Waals surface area contributed by atoms with E-state index in [1.807, 2.05) is 0 Å². The average molecular weight is 786 g/mol. The lowest BCUT2D eigenvalue weighted by Crippen LogP contribution is -2.55. The Labute approximate surface area is 343 Å². The Kier molecular flexibility index (Phi) is 36.8. The normalized spacial score (nSPS) is 13.5. The van der Waals surface area contributed by atoms with Crippen molar-refractivity contribution in [1.82, 2.24) is 0 Å². The van der Waals surface area contributed by atoms with E-state index in [4.69, 9.17) is 14.2 Å². The molecule has 0 aromatic carbocycles. The van der Waals surface area contributed by atoms with Crippen LogP contribution in [0.25, 0.3) is 0 Å². The molecule has 0 radical (unpaired) electrons. The zero-order valence-electron chi connectivity index (χ0n) is 36.5. The minimum absolute atomic E-state index is 0.0248. The highest BCUT2D eigenvalue weighted by Crippen LogP contribution is 2.13. The van der Waals surface area contributed by atoms with Crippen molar-refractivity contribution in [2.75, 3.05) is 41.0 Å². The van der Waals surface area contributed by atoms with Crippen LogP contribution in [0.1, 0.15) is 174 Å². The van der Waals surface area contributed by atoms with Gasteiger partial charge in [0.15, 0.2) is 6.10 Å². The minimum atomic E-state index is -1.13. The monoisotopic (exact) mass is 786 g/mol. The van der Waals surface area contributed by atoms with E-state index in [-0.39, 0.29) is 42.7 Å². The molecule has 0 aromatic heterocycles. The number of hydrogen-bond donors (Lipinski definition) is 0. The molecular weight excluding hydrogens is 703 g/mol. The molecule has 56 heavy (non-hydrogen) atoms. The van der Waals surface area contributed by atoms with Crippen LogP contribution in [-0.2, 0) is 28.6 Å². The first-order valence-corrected chi connectivity index (χ1v) is 22.3. The fraction of sp³-hybridized carbons (Fsp3) is 0.729. The summed E-state index contributed by atoms with van der Waals surface area (Å²) in [5.74, 6) is -1.79. The molecule has 0 saturated carbocycles. The lowest BCUT2D eigenvalue weighted by atomic mass is 10.1. The van der Waals surface area contributed by atoms with Crippen LogP contribution in [0.15, 0.2) is 60.8 Å². The maximum absolute atomic E-state index is 12.7. The van der Waals surface area contributed by atoms with Gasteiger partial charge in [0.25, 0.3) is 0 Å². The van der Waals surface area contributed by atoms with Gasteiger partial charge in [-0.1, -0.05) is 145 Å². The molecule has 0 fully saturated rings. The Morgan fingerprint density at radius 2 is 1.05 bits per heavy atom. The minimum Gasteiger partial charge on any atom is -0.544 e. The maximum atomic E-state index is 12.7. The van der Waals surface area contributed by atoms with Gasteiger partial charge < -0.3 is 28.6 Å². The highest BCUT2D eigenvalue weighted by molar-refractivity contribution is 5.70. The molecule has 0 spiro atoms. The van der Waals surface area contributed by atoms with Crippen LogP contribution >= 0.6 is 0 Å². The van der Waals surface area contributed by atoms with Crippen molar-refractivity contribution in [2.45, 2.75) is 187 Å². The van der Waals surface area contributed by atoms with Crippen molar-refractivity contribution in [2.24, 2.45) is 0 Å². The molecule has 8 heteroatoms. The molecule has 2 atom stereocenters. The van der Waals surface area contributed by atoms with Gasteiger partial charge in [-0.05, 0) is 70.6 Å². The van der Waals surface area contributed by atoms with Crippen molar-refractivity contribution in [3.05, 3.63) is 60.8 Å². The number of rotatable bonds is 39. The summed E-state index contributed by atoms with van der Waals surface area (Å²) in [5.41, 5.74) is 0. The predicted molar refractivity (Wildman–Crippen MR) is 231 cm³/mol. The predicted octanol–water partition coefficient (Wildman–Crippen LogP) is 10.9. The third kappa shape index (κ3) is 36.7. The molecule has 0 aromatic rings. The van der Waals surface area contributed by atoms with Crippen LogP contribution in [0.5, 0.6) is 0 Å². The van der Waals surface area contributed by atoms with Crippen LogP contribution in [0, 0.1) is 0 Å². The molecule has 0 bridgehead atoms. The molecule has 0 saturated heterocycles. The standard InChI is InChI=1S/C48H83NO7/c1-6-8-10-12-14-16-18-20-22-23-24-25-27-29-31-33-35-37-39-47(51)56-44(42-54-41-40-45(48(52)53)49(3,4)5)43-55-46(50)38-36-34-32-30-28-26-21-19-17-15-13-11-9-7-2/h9,11,15,17,21-26,44-45H,6-8,10,12-14,16,18-20,27-43H2,1-5H3/b11-9+,17-15+,23-22+,25-24+,26-21+. The number of allylic oxidation sites excluding steroid dienone is 10. The summed E-state index contributed by atoms with van der Waals surface area (Å²) in [6, 6.07) is -0.734. The van der Waals surface area contributed by atoms with Crippen LogP contribution < -0.4 is 5.11 Å². The maximum Gasteiger partial charge on any atom is 0.306 e. The number of quaternary nitrogens is 1. The zero-order valence-corrected chi connectivity index (χ0v) is 36.5. The number of ether oxygens (including phenoxy) is 3. The summed E-state index contributed by atoms with van der Waals surface area (Å²) in [6.07, 6.45) is 46.7. The van der Waals surface area contributed by atoms with Gasteiger partial charge in [0.2, 0.25) is 0 Å². The first kappa shape index (κ1) is 53.0. The van der Waals surface area contributed by atoms with Crippen LogP contribution in [0.2, 0.25) is 0 Å². The number of likely N-dealkylation sites (N-methyl/N-ethyl adjacent to an activating group) is 1. The molecule has 0 aliphatic heterocycles. The van der Waals surface area contributed by atoms with Gasteiger partial charge in [0.05, 0.1) is 40.3 Å². The molecule has 0 heterocycles. The van der Waals surface area contributed by atoms with Crippen LogP contribution in [-0.4, -0.2) is 75.5 Å². The second-order valence-corrected chi connectivity index (χ2v) is 15.9. The first-order valence-electron chi connectivity index (χ1n) is 22.3. The summed E-state index contributed by atoms with van der Waals surface area (Å²) in [5, 5.41) is 11.6. The molecule has 2 unspecified atom stereocenters. The highest BCUT2D eigenvalue weighted by Gasteiger charge is 2.25. The van der Waals surface area contributed by atoms with Crippen LogP contribution in [0.3, 0.4) is 0 Å². The third-order valence-electron chi connectivity index (χ3n) is 9.67. The third-order valence-corrected chi connectivity index (χ3v) is 9.67. The molecule has 0 rings (SSSR count). The van der Waals surface area contributed by atoms with Crippen molar-refractivity contribution in [3.63, 3.8) is 0 Å². The van der Waals surface area contributed by atoms with E-state index in [2.05, 4.69) is 74.6 Å². The number of carbonyl (C=O) groups is 3. The summed E-state index contributed by atoms with van der Waals surface area (Å²) in [4.78, 5) is 36.8. The number of carboxylic acids is 1. The Bertz CT molecular complexity index is 1100. The van der Waals surface area contributed by atoms with E-state index >= 15 is 0 Å². The smallest absolute Gasteiger partial charge is 0.306 e. The Hall–Kier alpha value is -2.97. The fourth-order valence-electron chi connectivity index (χ4n) is 6.19. The van der Waals surface area contributed by atoms with E-state index in [0.29, 0.717) is 12.8 Å². The van der Waals surface area contributed by atoms with E-state index in [1.54, 1.807) is 21.1 Å². The second-order valence-electron chi connectivity index (χ2n) is 15.9. The summed E-state index contributed by atoms with van der Waals surface area (Å²) in [6.45, 7) is 4.49. The molecule has 0 amide bonds. The quantitative estimate of drug-likeness (QED) is 0.0201. The summed E-state index contributed by atoms with van der Waals surface area (Å²) in [7, 11) is 5.39.